The van der Waals surface area contributed by atoms with Gasteiger partial charge in [-0.15, -0.1) is 10.2 Å². The van der Waals surface area contributed by atoms with Gasteiger partial charge in [0.05, 0.1) is 0 Å². The van der Waals surface area contributed by atoms with E-state index in [9.17, 15) is 0 Å². The van der Waals surface area contributed by atoms with Gasteiger partial charge in [0.1, 0.15) is 11.4 Å². The maximum atomic E-state index is 6.32. The Labute approximate surface area is 169 Å². The lowest BCUT2D eigenvalue weighted by Gasteiger charge is -2.14. The van der Waals surface area contributed by atoms with Gasteiger partial charge in [0.15, 0.2) is 0 Å². The number of nitrogens with zero attached hydrogens (tertiary/aromatic N) is 2. The molecule has 0 spiro atoms. The van der Waals surface area contributed by atoms with E-state index in [4.69, 9.17) is 4.74 Å². The Kier molecular flexibility index (Phi) is 4.21. The van der Waals surface area contributed by atoms with Gasteiger partial charge in [-0.1, -0.05) is 72.8 Å². The SMILES string of the molecule is Cc1cccc(C)c1Oc1nnc(-c2ccccc2)c2cc3ccccc3cc12. The van der Waals surface area contributed by atoms with Crippen LogP contribution in [0, 0.1) is 13.8 Å². The molecule has 5 aromatic rings. The molecule has 140 valence electrons. The fourth-order valence-corrected chi connectivity index (χ4v) is 3.76. The number of benzene rings is 4. The average Bonchev–Trinajstić information content (AvgIpc) is 2.75. The molecule has 0 N–H and O–H groups in total. The topological polar surface area (TPSA) is 35.0 Å². The minimum Gasteiger partial charge on any atom is -0.436 e. The summed E-state index contributed by atoms with van der Waals surface area (Å²) in [6, 6.07) is 29.0. The van der Waals surface area contributed by atoms with Gasteiger partial charge in [0.25, 0.3) is 0 Å². The van der Waals surface area contributed by atoms with E-state index in [0.29, 0.717) is 5.88 Å². The summed E-state index contributed by atoms with van der Waals surface area (Å²) in [6.07, 6.45) is 0. The van der Waals surface area contributed by atoms with Gasteiger partial charge >= 0.3 is 0 Å². The van der Waals surface area contributed by atoms with Gasteiger partial charge in [-0.05, 0) is 47.9 Å². The van der Waals surface area contributed by atoms with Crippen molar-refractivity contribution in [3.05, 3.63) is 96.1 Å². The monoisotopic (exact) mass is 376 g/mol. The quantitative estimate of drug-likeness (QED) is 0.323. The number of rotatable bonds is 3. The molecule has 0 unspecified atom stereocenters. The molecule has 0 fully saturated rings. The summed E-state index contributed by atoms with van der Waals surface area (Å²) >= 11 is 0. The molecule has 0 aliphatic rings. The normalized spacial score (nSPS) is 11.1. The molecule has 0 aliphatic heterocycles. The average molecular weight is 376 g/mol. The Morgan fingerprint density at radius 1 is 0.621 bits per heavy atom. The molecular weight excluding hydrogens is 356 g/mol. The number of para-hydroxylation sites is 1. The van der Waals surface area contributed by atoms with Crippen LogP contribution in [0.3, 0.4) is 0 Å². The van der Waals surface area contributed by atoms with Gasteiger partial charge in [-0.3, -0.25) is 0 Å². The first-order valence-corrected chi connectivity index (χ1v) is 9.69. The summed E-state index contributed by atoms with van der Waals surface area (Å²) in [7, 11) is 0. The molecule has 1 aromatic heterocycles. The summed E-state index contributed by atoms with van der Waals surface area (Å²) in [6.45, 7) is 4.09. The van der Waals surface area contributed by atoms with Crippen LogP contribution in [0.5, 0.6) is 11.6 Å². The lowest BCUT2D eigenvalue weighted by Crippen LogP contribution is -1.98. The number of hydrogen-bond donors (Lipinski definition) is 0. The van der Waals surface area contributed by atoms with E-state index >= 15 is 0 Å². The van der Waals surface area contributed by atoms with Crippen LogP contribution in [-0.2, 0) is 0 Å². The summed E-state index contributed by atoms with van der Waals surface area (Å²) in [5, 5.41) is 13.4. The molecular formula is C26H20N2O. The van der Waals surface area contributed by atoms with Crippen LogP contribution in [-0.4, -0.2) is 10.2 Å². The first-order valence-electron chi connectivity index (χ1n) is 9.69. The zero-order chi connectivity index (χ0) is 19.8. The Morgan fingerprint density at radius 2 is 1.24 bits per heavy atom. The van der Waals surface area contributed by atoms with Crippen LogP contribution in [0.4, 0.5) is 0 Å². The lowest BCUT2D eigenvalue weighted by molar-refractivity contribution is 0.455. The highest BCUT2D eigenvalue weighted by atomic mass is 16.5. The van der Waals surface area contributed by atoms with Gasteiger partial charge < -0.3 is 4.74 Å². The fraction of sp³-hybridized carbons (Fsp3) is 0.0769. The summed E-state index contributed by atoms with van der Waals surface area (Å²) in [5.74, 6) is 1.37. The van der Waals surface area contributed by atoms with Crippen molar-refractivity contribution in [1.29, 1.82) is 0 Å². The minimum absolute atomic E-state index is 0.530. The van der Waals surface area contributed by atoms with Crippen molar-refractivity contribution in [3.8, 4) is 22.9 Å². The van der Waals surface area contributed by atoms with Crippen molar-refractivity contribution in [2.45, 2.75) is 13.8 Å². The molecule has 3 nitrogen and oxygen atoms in total. The van der Waals surface area contributed by atoms with Crippen molar-refractivity contribution >= 4 is 21.5 Å². The molecule has 0 radical (unpaired) electrons. The van der Waals surface area contributed by atoms with E-state index in [1.807, 2.05) is 56.3 Å². The largest absolute Gasteiger partial charge is 0.436 e. The number of fused-ring (bicyclic) bond motifs is 2. The second-order valence-corrected chi connectivity index (χ2v) is 7.29. The van der Waals surface area contributed by atoms with Crippen LogP contribution in [0.25, 0.3) is 32.8 Å². The highest BCUT2D eigenvalue weighted by molar-refractivity contribution is 6.05. The Morgan fingerprint density at radius 3 is 1.93 bits per heavy atom. The molecule has 3 heteroatoms. The number of aromatic nitrogens is 2. The Bertz CT molecular complexity index is 1320. The van der Waals surface area contributed by atoms with E-state index in [2.05, 4.69) is 52.7 Å². The van der Waals surface area contributed by atoms with Crippen LogP contribution in [0.15, 0.2) is 84.9 Å². The standard InChI is InChI=1S/C26H20N2O/c1-17-9-8-10-18(2)25(17)29-26-23-16-21-14-7-6-13-20(21)15-22(23)24(27-28-26)19-11-4-3-5-12-19/h3-16H,1-2H3. The third-order valence-electron chi connectivity index (χ3n) is 5.27. The van der Waals surface area contributed by atoms with Gasteiger partial charge in [0.2, 0.25) is 5.88 Å². The second kappa shape index (κ2) is 7.02. The Balaban J connectivity index is 1.78. The molecule has 0 aliphatic carbocycles. The maximum Gasteiger partial charge on any atom is 0.246 e. The van der Waals surface area contributed by atoms with Crippen LogP contribution < -0.4 is 4.74 Å². The molecule has 0 saturated carbocycles. The van der Waals surface area contributed by atoms with Crippen molar-refractivity contribution in [3.63, 3.8) is 0 Å². The summed E-state index contributed by atoms with van der Waals surface area (Å²) < 4.78 is 6.32. The predicted octanol–water partition coefficient (Wildman–Crippen LogP) is 6.86. The molecule has 4 aromatic carbocycles. The minimum atomic E-state index is 0.530. The number of aryl methyl sites for hydroxylation is 2. The lowest BCUT2D eigenvalue weighted by atomic mass is 10.0. The van der Waals surface area contributed by atoms with Crippen molar-refractivity contribution < 1.29 is 4.74 Å². The van der Waals surface area contributed by atoms with E-state index in [1.54, 1.807) is 0 Å². The highest BCUT2D eigenvalue weighted by Gasteiger charge is 2.15. The third kappa shape index (κ3) is 3.11. The zero-order valence-electron chi connectivity index (χ0n) is 16.4. The molecule has 0 bridgehead atoms. The molecule has 0 atom stereocenters. The number of hydrogen-bond acceptors (Lipinski definition) is 3. The van der Waals surface area contributed by atoms with E-state index < -0.39 is 0 Å². The summed E-state index contributed by atoms with van der Waals surface area (Å²) in [5.41, 5.74) is 4.06. The molecule has 0 saturated heterocycles. The van der Waals surface area contributed by atoms with Gasteiger partial charge in [-0.2, -0.15) is 0 Å². The molecule has 29 heavy (non-hydrogen) atoms. The van der Waals surface area contributed by atoms with Gasteiger partial charge in [0, 0.05) is 16.3 Å². The predicted molar refractivity (Wildman–Crippen MR) is 118 cm³/mol. The van der Waals surface area contributed by atoms with E-state index in [1.165, 1.54) is 5.39 Å². The molecule has 1 heterocycles. The number of ether oxygens (including phenoxy) is 1. The fourth-order valence-electron chi connectivity index (χ4n) is 3.76. The molecule has 5 rings (SSSR count). The van der Waals surface area contributed by atoms with Crippen molar-refractivity contribution in [2.75, 3.05) is 0 Å². The van der Waals surface area contributed by atoms with Gasteiger partial charge in [-0.25, -0.2) is 0 Å². The van der Waals surface area contributed by atoms with Crippen molar-refractivity contribution in [1.82, 2.24) is 10.2 Å². The van der Waals surface area contributed by atoms with Crippen molar-refractivity contribution in [2.24, 2.45) is 0 Å². The second-order valence-electron chi connectivity index (χ2n) is 7.29. The van der Waals surface area contributed by atoms with Crippen LogP contribution >= 0.6 is 0 Å². The first-order chi connectivity index (χ1) is 14.2. The molecule has 0 amide bonds. The highest BCUT2D eigenvalue weighted by Crippen LogP contribution is 2.37. The zero-order valence-corrected chi connectivity index (χ0v) is 16.4. The maximum absolute atomic E-state index is 6.32. The Hall–Kier alpha value is -3.72. The third-order valence-corrected chi connectivity index (χ3v) is 5.27. The summed E-state index contributed by atoms with van der Waals surface area (Å²) in [4.78, 5) is 0. The van der Waals surface area contributed by atoms with Crippen LogP contribution in [0.1, 0.15) is 11.1 Å². The van der Waals surface area contributed by atoms with Crippen LogP contribution in [0.2, 0.25) is 0 Å². The van der Waals surface area contributed by atoms with E-state index in [0.717, 1.165) is 44.3 Å². The smallest absolute Gasteiger partial charge is 0.246 e. The van der Waals surface area contributed by atoms with E-state index in [-0.39, 0.29) is 0 Å². The first kappa shape index (κ1) is 17.4.